The van der Waals surface area contributed by atoms with E-state index in [0.717, 1.165) is 31.6 Å². The van der Waals surface area contributed by atoms with Crippen LogP contribution < -0.4 is 5.32 Å². The maximum absolute atomic E-state index is 13.2. The first-order chi connectivity index (χ1) is 9.63. The summed E-state index contributed by atoms with van der Waals surface area (Å²) >= 11 is 5.87. The Morgan fingerprint density at radius 1 is 1.40 bits per heavy atom. The van der Waals surface area contributed by atoms with Crippen LogP contribution in [-0.2, 0) is 6.54 Å². The van der Waals surface area contributed by atoms with Crippen LogP contribution >= 0.6 is 11.6 Å². The molecule has 2 nitrogen and oxygen atoms in total. The highest BCUT2D eigenvalue weighted by Gasteiger charge is 2.26. The van der Waals surface area contributed by atoms with Crippen molar-refractivity contribution < 1.29 is 4.39 Å². The minimum absolute atomic E-state index is 0.218. The van der Waals surface area contributed by atoms with Crippen molar-refractivity contribution in [3.63, 3.8) is 0 Å². The summed E-state index contributed by atoms with van der Waals surface area (Å²) < 4.78 is 13.2. The highest BCUT2D eigenvalue weighted by atomic mass is 35.5. The lowest BCUT2D eigenvalue weighted by Crippen LogP contribution is -2.55. The van der Waals surface area contributed by atoms with E-state index in [9.17, 15) is 4.39 Å². The van der Waals surface area contributed by atoms with Gasteiger partial charge in [-0.25, -0.2) is 4.39 Å². The lowest BCUT2D eigenvalue weighted by molar-refractivity contribution is 0.115. The Labute approximate surface area is 126 Å². The van der Waals surface area contributed by atoms with Gasteiger partial charge in [0.1, 0.15) is 5.82 Å². The molecule has 20 heavy (non-hydrogen) atoms. The third-order valence-corrected chi connectivity index (χ3v) is 4.38. The van der Waals surface area contributed by atoms with Gasteiger partial charge in [0, 0.05) is 31.7 Å². The highest BCUT2D eigenvalue weighted by Crippen LogP contribution is 2.20. The fraction of sp³-hybridized carbons (Fsp3) is 0.625. The number of piperazine rings is 1. The van der Waals surface area contributed by atoms with Gasteiger partial charge in [-0.15, -0.1) is 0 Å². The van der Waals surface area contributed by atoms with Crippen molar-refractivity contribution in [1.82, 2.24) is 10.2 Å². The Bertz CT molecular complexity index is 438. The molecule has 1 N–H and O–H groups in total. The number of rotatable bonds is 5. The van der Waals surface area contributed by atoms with E-state index in [4.69, 9.17) is 11.6 Å². The molecule has 1 fully saturated rings. The topological polar surface area (TPSA) is 15.3 Å². The van der Waals surface area contributed by atoms with Gasteiger partial charge >= 0.3 is 0 Å². The standard InChI is InChI=1S/C16H24ClFN2/c1-3-5-13-11-20(14(4-2)9-19-13)10-12-6-7-16(18)15(17)8-12/h6-8,13-14,19H,3-5,9-11H2,1-2H3. The summed E-state index contributed by atoms with van der Waals surface area (Å²) in [5.74, 6) is -0.341. The molecule has 1 heterocycles. The highest BCUT2D eigenvalue weighted by molar-refractivity contribution is 6.30. The Morgan fingerprint density at radius 2 is 2.20 bits per heavy atom. The molecule has 1 aromatic carbocycles. The summed E-state index contributed by atoms with van der Waals surface area (Å²) in [5.41, 5.74) is 1.09. The number of benzene rings is 1. The summed E-state index contributed by atoms with van der Waals surface area (Å²) in [6, 6.07) is 6.17. The molecule has 0 aromatic heterocycles. The van der Waals surface area contributed by atoms with E-state index in [1.165, 1.54) is 18.9 Å². The second-order valence-electron chi connectivity index (χ2n) is 5.63. The van der Waals surface area contributed by atoms with Crippen molar-refractivity contribution in [2.45, 2.75) is 51.7 Å². The van der Waals surface area contributed by atoms with E-state index in [-0.39, 0.29) is 10.8 Å². The van der Waals surface area contributed by atoms with Crippen LogP contribution in [0.2, 0.25) is 5.02 Å². The quantitative estimate of drug-likeness (QED) is 0.889. The molecule has 1 aromatic rings. The summed E-state index contributed by atoms with van der Waals surface area (Å²) in [5, 5.41) is 3.85. The van der Waals surface area contributed by atoms with Crippen molar-refractivity contribution >= 4 is 11.6 Å². The van der Waals surface area contributed by atoms with Gasteiger partial charge in [-0.2, -0.15) is 0 Å². The molecular weight excluding hydrogens is 275 g/mol. The smallest absolute Gasteiger partial charge is 0.141 e. The summed E-state index contributed by atoms with van der Waals surface area (Å²) in [6.07, 6.45) is 3.53. The second kappa shape index (κ2) is 7.39. The molecule has 0 aliphatic carbocycles. The maximum atomic E-state index is 13.2. The van der Waals surface area contributed by atoms with Gasteiger partial charge in [-0.05, 0) is 30.5 Å². The Balaban J connectivity index is 2.04. The minimum Gasteiger partial charge on any atom is -0.311 e. The van der Waals surface area contributed by atoms with Gasteiger partial charge in [-0.3, -0.25) is 4.90 Å². The van der Waals surface area contributed by atoms with E-state index in [2.05, 4.69) is 24.1 Å². The first-order valence-electron chi connectivity index (χ1n) is 7.55. The molecule has 0 saturated carbocycles. The van der Waals surface area contributed by atoms with Crippen LogP contribution in [0.15, 0.2) is 18.2 Å². The van der Waals surface area contributed by atoms with Crippen molar-refractivity contribution in [2.75, 3.05) is 13.1 Å². The molecule has 112 valence electrons. The van der Waals surface area contributed by atoms with Crippen LogP contribution in [0.4, 0.5) is 4.39 Å². The normalized spacial score (nSPS) is 24.0. The van der Waals surface area contributed by atoms with Gasteiger partial charge in [0.25, 0.3) is 0 Å². The van der Waals surface area contributed by atoms with E-state index < -0.39 is 0 Å². The van der Waals surface area contributed by atoms with Crippen molar-refractivity contribution in [3.05, 3.63) is 34.6 Å². The molecule has 1 saturated heterocycles. The van der Waals surface area contributed by atoms with Gasteiger partial charge < -0.3 is 5.32 Å². The zero-order chi connectivity index (χ0) is 14.5. The molecule has 0 amide bonds. The number of hydrogen-bond acceptors (Lipinski definition) is 2. The van der Waals surface area contributed by atoms with Crippen LogP contribution in [0, 0.1) is 5.82 Å². The van der Waals surface area contributed by atoms with Gasteiger partial charge in [0.15, 0.2) is 0 Å². The molecule has 2 unspecified atom stereocenters. The largest absolute Gasteiger partial charge is 0.311 e. The fourth-order valence-electron chi connectivity index (χ4n) is 2.94. The average Bonchev–Trinajstić information content (AvgIpc) is 2.44. The number of halogens is 2. The van der Waals surface area contributed by atoms with Crippen molar-refractivity contribution in [3.8, 4) is 0 Å². The molecule has 4 heteroatoms. The van der Waals surface area contributed by atoms with Crippen molar-refractivity contribution in [2.24, 2.45) is 0 Å². The lowest BCUT2D eigenvalue weighted by atomic mass is 10.0. The first-order valence-corrected chi connectivity index (χ1v) is 7.93. The zero-order valence-electron chi connectivity index (χ0n) is 12.3. The predicted octanol–water partition coefficient (Wildman–Crippen LogP) is 3.83. The van der Waals surface area contributed by atoms with E-state index >= 15 is 0 Å². The number of hydrogen-bond donors (Lipinski definition) is 1. The van der Waals surface area contributed by atoms with Gasteiger partial charge in [-0.1, -0.05) is 37.9 Å². The van der Waals surface area contributed by atoms with E-state index in [1.54, 1.807) is 6.07 Å². The zero-order valence-corrected chi connectivity index (χ0v) is 13.1. The van der Waals surface area contributed by atoms with Gasteiger partial charge in [0.2, 0.25) is 0 Å². The molecular formula is C16H24ClFN2. The van der Waals surface area contributed by atoms with E-state index in [1.807, 2.05) is 6.07 Å². The second-order valence-corrected chi connectivity index (χ2v) is 6.04. The Hall–Kier alpha value is -0.640. The summed E-state index contributed by atoms with van der Waals surface area (Å²) in [6.45, 7) is 7.38. The molecule has 1 aliphatic heterocycles. The predicted molar refractivity (Wildman–Crippen MR) is 82.6 cm³/mol. The van der Waals surface area contributed by atoms with Crippen molar-refractivity contribution in [1.29, 1.82) is 0 Å². The van der Waals surface area contributed by atoms with Crippen LogP contribution in [0.1, 0.15) is 38.7 Å². The van der Waals surface area contributed by atoms with Crippen LogP contribution in [-0.4, -0.2) is 30.1 Å². The number of nitrogens with one attached hydrogen (secondary N) is 1. The molecule has 2 rings (SSSR count). The molecule has 1 aliphatic rings. The molecule has 0 spiro atoms. The number of nitrogens with zero attached hydrogens (tertiary/aromatic N) is 1. The van der Waals surface area contributed by atoms with Crippen LogP contribution in [0.3, 0.4) is 0 Å². The average molecular weight is 299 g/mol. The monoisotopic (exact) mass is 298 g/mol. The molecule has 2 atom stereocenters. The summed E-state index contributed by atoms with van der Waals surface area (Å²) in [4.78, 5) is 2.50. The Morgan fingerprint density at radius 3 is 2.85 bits per heavy atom. The SMILES string of the molecule is CCCC1CN(Cc2ccc(F)c(Cl)c2)C(CC)CN1. The van der Waals surface area contributed by atoms with E-state index in [0.29, 0.717) is 12.1 Å². The fourth-order valence-corrected chi connectivity index (χ4v) is 3.14. The minimum atomic E-state index is -0.341. The third-order valence-electron chi connectivity index (χ3n) is 4.09. The Kier molecular flexibility index (Phi) is 5.82. The third kappa shape index (κ3) is 3.94. The lowest BCUT2D eigenvalue weighted by Gasteiger charge is -2.40. The van der Waals surface area contributed by atoms with Crippen LogP contribution in [0.25, 0.3) is 0 Å². The molecule has 0 radical (unpaired) electrons. The van der Waals surface area contributed by atoms with Crippen LogP contribution in [0.5, 0.6) is 0 Å². The molecule has 0 bridgehead atoms. The maximum Gasteiger partial charge on any atom is 0.141 e. The van der Waals surface area contributed by atoms with Gasteiger partial charge in [0.05, 0.1) is 5.02 Å². The summed E-state index contributed by atoms with van der Waals surface area (Å²) in [7, 11) is 0. The first kappa shape index (κ1) is 15.7.